The van der Waals surface area contributed by atoms with Crippen LogP contribution in [0.4, 0.5) is 5.82 Å². The van der Waals surface area contributed by atoms with Crippen molar-refractivity contribution in [2.45, 2.75) is 0 Å². The molecule has 0 aliphatic carbocycles. The van der Waals surface area contributed by atoms with Gasteiger partial charge in [0.2, 0.25) is 0 Å². The summed E-state index contributed by atoms with van der Waals surface area (Å²) in [4.78, 5) is 9.81. The van der Waals surface area contributed by atoms with Crippen molar-refractivity contribution >= 4 is 21.7 Å². The standard InChI is InChI=1S/C9H7BrN8/c10-6-7(11)15-9(17-5-1-2-12-17)16-8(6)18-13-3-4-14-18/h1-5H,(H2,11,15,16). The summed E-state index contributed by atoms with van der Waals surface area (Å²) in [6.45, 7) is 0. The maximum atomic E-state index is 5.83. The quantitative estimate of drug-likeness (QED) is 0.743. The molecule has 3 aromatic rings. The van der Waals surface area contributed by atoms with E-state index in [1.165, 1.54) is 9.48 Å². The second-order valence-electron chi connectivity index (χ2n) is 3.32. The van der Waals surface area contributed by atoms with Crippen LogP contribution in [0, 0.1) is 0 Å². The molecule has 0 saturated heterocycles. The zero-order chi connectivity index (χ0) is 12.5. The molecule has 0 aromatic carbocycles. The normalized spacial score (nSPS) is 10.7. The van der Waals surface area contributed by atoms with Crippen molar-refractivity contribution in [2.24, 2.45) is 0 Å². The molecule has 0 saturated carbocycles. The zero-order valence-corrected chi connectivity index (χ0v) is 10.6. The minimum atomic E-state index is 0.294. The van der Waals surface area contributed by atoms with Gasteiger partial charge in [-0.25, -0.2) is 4.68 Å². The molecule has 9 heteroatoms. The van der Waals surface area contributed by atoms with E-state index in [0.29, 0.717) is 22.1 Å². The molecular formula is C9H7BrN8. The summed E-state index contributed by atoms with van der Waals surface area (Å²) in [5.74, 6) is 1.11. The first-order valence-electron chi connectivity index (χ1n) is 4.95. The number of anilines is 1. The minimum Gasteiger partial charge on any atom is -0.383 e. The van der Waals surface area contributed by atoms with Gasteiger partial charge < -0.3 is 5.73 Å². The summed E-state index contributed by atoms with van der Waals surface area (Å²) in [6.07, 6.45) is 6.47. The third-order valence-corrected chi connectivity index (χ3v) is 2.93. The molecule has 0 atom stereocenters. The van der Waals surface area contributed by atoms with E-state index in [0.717, 1.165) is 0 Å². The summed E-state index contributed by atoms with van der Waals surface area (Å²) in [7, 11) is 0. The fourth-order valence-electron chi connectivity index (χ4n) is 1.39. The number of hydrogen-bond donors (Lipinski definition) is 1. The van der Waals surface area contributed by atoms with E-state index in [1.807, 2.05) is 0 Å². The van der Waals surface area contributed by atoms with Crippen LogP contribution in [0.15, 0.2) is 35.3 Å². The monoisotopic (exact) mass is 306 g/mol. The van der Waals surface area contributed by atoms with Gasteiger partial charge in [-0.1, -0.05) is 0 Å². The highest BCUT2D eigenvalue weighted by atomic mass is 79.9. The van der Waals surface area contributed by atoms with Gasteiger partial charge in [0.05, 0.1) is 12.4 Å². The number of nitrogens with two attached hydrogens (primary N) is 1. The van der Waals surface area contributed by atoms with Gasteiger partial charge in [-0.05, 0) is 22.0 Å². The van der Waals surface area contributed by atoms with E-state index >= 15 is 0 Å². The highest BCUT2D eigenvalue weighted by Crippen LogP contribution is 2.23. The lowest BCUT2D eigenvalue weighted by atomic mass is 10.5. The largest absolute Gasteiger partial charge is 0.383 e. The van der Waals surface area contributed by atoms with Crippen LogP contribution < -0.4 is 5.73 Å². The molecule has 0 aliphatic heterocycles. The van der Waals surface area contributed by atoms with Crippen molar-refractivity contribution in [1.29, 1.82) is 0 Å². The molecule has 0 amide bonds. The second kappa shape index (κ2) is 4.18. The van der Waals surface area contributed by atoms with Gasteiger partial charge in [0.1, 0.15) is 10.3 Å². The summed E-state index contributed by atoms with van der Waals surface area (Å²) in [5.41, 5.74) is 5.83. The molecule has 0 unspecified atom stereocenters. The van der Waals surface area contributed by atoms with Crippen LogP contribution in [-0.2, 0) is 0 Å². The number of nitrogen functional groups attached to an aromatic ring is 1. The Labute approximate surface area is 110 Å². The van der Waals surface area contributed by atoms with E-state index in [4.69, 9.17) is 5.73 Å². The molecule has 3 rings (SSSR count). The molecule has 2 N–H and O–H groups in total. The molecule has 0 radical (unpaired) electrons. The SMILES string of the molecule is Nc1nc(-n2cccn2)nc(-n2nccn2)c1Br. The fraction of sp³-hybridized carbons (Fsp3) is 0. The molecule has 0 spiro atoms. The van der Waals surface area contributed by atoms with Gasteiger partial charge in [-0.15, -0.1) is 4.80 Å². The molecule has 0 bridgehead atoms. The van der Waals surface area contributed by atoms with Crippen molar-refractivity contribution in [1.82, 2.24) is 34.7 Å². The Kier molecular flexibility index (Phi) is 2.52. The van der Waals surface area contributed by atoms with Crippen molar-refractivity contribution in [2.75, 3.05) is 5.73 Å². The average molecular weight is 307 g/mol. The highest BCUT2D eigenvalue weighted by molar-refractivity contribution is 9.10. The first kappa shape index (κ1) is 10.8. The summed E-state index contributed by atoms with van der Waals surface area (Å²) in [6, 6.07) is 1.77. The van der Waals surface area contributed by atoms with E-state index in [-0.39, 0.29) is 0 Å². The van der Waals surface area contributed by atoms with E-state index < -0.39 is 0 Å². The van der Waals surface area contributed by atoms with Gasteiger partial charge in [0.15, 0.2) is 5.82 Å². The van der Waals surface area contributed by atoms with E-state index in [2.05, 4.69) is 41.2 Å². The lowest BCUT2D eigenvalue weighted by Crippen LogP contribution is -2.11. The topological polar surface area (TPSA) is 100 Å². The van der Waals surface area contributed by atoms with Crippen LogP contribution in [0.2, 0.25) is 0 Å². The smallest absolute Gasteiger partial charge is 0.254 e. The maximum Gasteiger partial charge on any atom is 0.254 e. The van der Waals surface area contributed by atoms with Gasteiger partial charge in [0, 0.05) is 12.4 Å². The molecule has 18 heavy (non-hydrogen) atoms. The maximum absolute atomic E-state index is 5.83. The van der Waals surface area contributed by atoms with Gasteiger partial charge >= 0.3 is 0 Å². The molecular weight excluding hydrogens is 300 g/mol. The summed E-state index contributed by atoms with van der Waals surface area (Å²) in [5, 5.41) is 12.1. The van der Waals surface area contributed by atoms with Gasteiger partial charge in [-0.3, -0.25) is 0 Å². The summed E-state index contributed by atoms with van der Waals surface area (Å²) >= 11 is 3.32. The van der Waals surface area contributed by atoms with E-state index in [1.54, 1.807) is 30.9 Å². The molecule has 0 fully saturated rings. The third-order valence-electron chi connectivity index (χ3n) is 2.17. The Bertz CT molecular complexity index is 660. The van der Waals surface area contributed by atoms with Crippen molar-refractivity contribution < 1.29 is 0 Å². The van der Waals surface area contributed by atoms with Crippen LogP contribution in [0.5, 0.6) is 0 Å². The van der Waals surface area contributed by atoms with Crippen LogP contribution in [0.1, 0.15) is 0 Å². The third kappa shape index (κ3) is 1.74. The molecule has 8 nitrogen and oxygen atoms in total. The zero-order valence-electron chi connectivity index (χ0n) is 8.97. The first-order chi connectivity index (χ1) is 8.75. The van der Waals surface area contributed by atoms with Crippen LogP contribution >= 0.6 is 15.9 Å². The first-order valence-corrected chi connectivity index (χ1v) is 5.75. The molecule has 0 aliphatic rings. The lowest BCUT2D eigenvalue weighted by molar-refractivity contribution is 0.707. The lowest BCUT2D eigenvalue weighted by Gasteiger charge is -2.07. The summed E-state index contributed by atoms with van der Waals surface area (Å²) < 4.78 is 2.05. The van der Waals surface area contributed by atoms with Gasteiger partial charge in [0.25, 0.3) is 5.95 Å². The van der Waals surface area contributed by atoms with Gasteiger partial charge in [-0.2, -0.15) is 25.3 Å². The Morgan fingerprint density at radius 3 is 2.50 bits per heavy atom. The number of rotatable bonds is 2. The van der Waals surface area contributed by atoms with Crippen molar-refractivity contribution in [3.63, 3.8) is 0 Å². The minimum absolute atomic E-state index is 0.294. The van der Waals surface area contributed by atoms with Crippen LogP contribution in [0.25, 0.3) is 11.8 Å². The van der Waals surface area contributed by atoms with Crippen LogP contribution in [0.3, 0.4) is 0 Å². The molecule has 90 valence electrons. The van der Waals surface area contributed by atoms with E-state index in [9.17, 15) is 0 Å². The number of nitrogens with zero attached hydrogens (tertiary/aromatic N) is 7. The van der Waals surface area contributed by atoms with Crippen molar-refractivity contribution in [3.05, 3.63) is 35.3 Å². The fourth-order valence-corrected chi connectivity index (χ4v) is 1.72. The Hall–Kier alpha value is -2.29. The predicted octanol–water partition coefficient (Wildman–Crippen LogP) is 0.588. The number of hydrogen-bond acceptors (Lipinski definition) is 6. The Morgan fingerprint density at radius 2 is 1.83 bits per heavy atom. The Balaban J connectivity index is 2.20. The Morgan fingerprint density at radius 1 is 1.06 bits per heavy atom. The number of halogens is 1. The van der Waals surface area contributed by atoms with Crippen LogP contribution in [-0.4, -0.2) is 34.7 Å². The number of aromatic nitrogens is 7. The van der Waals surface area contributed by atoms with Crippen molar-refractivity contribution in [3.8, 4) is 11.8 Å². The predicted molar refractivity (Wildman–Crippen MR) is 66.2 cm³/mol. The molecule has 3 heterocycles. The highest BCUT2D eigenvalue weighted by Gasteiger charge is 2.14. The average Bonchev–Trinajstić information content (AvgIpc) is 3.03. The second-order valence-corrected chi connectivity index (χ2v) is 4.11. The molecule has 3 aromatic heterocycles.